The molecule has 140 valence electrons. The number of nitrogens with one attached hydrogen (secondary N) is 3. The molecule has 1 heterocycles. The van der Waals surface area contributed by atoms with Gasteiger partial charge in [0.2, 0.25) is 5.91 Å². The molecule has 1 aromatic carbocycles. The number of halogens is 1. The number of carbonyl (C=O) groups excluding carboxylic acids is 2. The average Bonchev–Trinajstić information content (AvgIpc) is 2.61. The van der Waals surface area contributed by atoms with E-state index in [9.17, 15) is 9.59 Å². The summed E-state index contributed by atoms with van der Waals surface area (Å²) in [6.45, 7) is 7.25. The van der Waals surface area contributed by atoms with Crippen LogP contribution in [0.25, 0.3) is 0 Å². The molecule has 0 radical (unpaired) electrons. The van der Waals surface area contributed by atoms with Gasteiger partial charge in [-0.1, -0.05) is 19.1 Å². The van der Waals surface area contributed by atoms with Crippen molar-refractivity contribution in [2.45, 2.75) is 39.7 Å². The third-order valence-corrected chi connectivity index (χ3v) is 4.71. The topological polar surface area (TPSA) is 70.2 Å². The highest BCUT2D eigenvalue weighted by atomic mass is 35.5. The van der Waals surface area contributed by atoms with E-state index in [1.54, 1.807) is 6.07 Å². The summed E-state index contributed by atoms with van der Waals surface area (Å²) in [5.74, 6) is 1.06. The van der Waals surface area contributed by atoms with Gasteiger partial charge in [-0.3, -0.25) is 9.59 Å². The summed E-state index contributed by atoms with van der Waals surface area (Å²) in [5.41, 5.74) is 1.58. The fourth-order valence-electron chi connectivity index (χ4n) is 3.23. The Kier molecular flexibility index (Phi) is 9.53. The lowest BCUT2D eigenvalue weighted by Crippen LogP contribution is -2.33. The highest BCUT2D eigenvalue weighted by molar-refractivity contribution is 5.94. The molecule has 2 amide bonds. The summed E-state index contributed by atoms with van der Waals surface area (Å²) in [5, 5.41) is 9.13. The fourth-order valence-corrected chi connectivity index (χ4v) is 3.23. The van der Waals surface area contributed by atoms with E-state index in [2.05, 4.69) is 22.9 Å². The van der Waals surface area contributed by atoms with E-state index in [0.29, 0.717) is 36.9 Å². The van der Waals surface area contributed by atoms with Crippen LogP contribution < -0.4 is 16.0 Å². The number of rotatable bonds is 7. The first-order valence-electron chi connectivity index (χ1n) is 8.94. The molecule has 1 aliphatic rings. The molecule has 0 bridgehead atoms. The van der Waals surface area contributed by atoms with E-state index >= 15 is 0 Å². The third kappa shape index (κ3) is 7.04. The molecule has 3 N–H and O–H groups in total. The van der Waals surface area contributed by atoms with E-state index in [1.807, 2.05) is 25.1 Å². The van der Waals surface area contributed by atoms with Crippen LogP contribution in [0.2, 0.25) is 0 Å². The van der Waals surface area contributed by atoms with Crippen molar-refractivity contribution in [3.63, 3.8) is 0 Å². The van der Waals surface area contributed by atoms with E-state index in [1.165, 1.54) is 0 Å². The van der Waals surface area contributed by atoms with Crippen molar-refractivity contribution in [3.8, 4) is 0 Å². The second-order valence-corrected chi connectivity index (χ2v) is 6.61. The minimum atomic E-state index is -0.0785. The zero-order chi connectivity index (χ0) is 17.4. The van der Waals surface area contributed by atoms with Crippen LogP contribution in [0.5, 0.6) is 0 Å². The maximum Gasteiger partial charge on any atom is 0.251 e. The predicted octanol–water partition coefficient (Wildman–Crippen LogP) is 2.50. The van der Waals surface area contributed by atoms with Gasteiger partial charge in [-0.15, -0.1) is 12.4 Å². The molecule has 25 heavy (non-hydrogen) atoms. The number of benzene rings is 1. The van der Waals surface area contributed by atoms with Crippen molar-refractivity contribution in [2.75, 3.05) is 19.6 Å². The number of carbonyl (C=O) groups is 2. The van der Waals surface area contributed by atoms with Gasteiger partial charge >= 0.3 is 0 Å². The van der Waals surface area contributed by atoms with Crippen LogP contribution in [0.3, 0.4) is 0 Å². The smallest absolute Gasteiger partial charge is 0.251 e. The first kappa shape index (κ1) is 21.5. The summed E-state index contributed by atoms with van der Waals surface area (Å²) in [6, 6.07) is 7.40. The molecule has 2 rings (SSSR count). The molecule has 1 fully saturated rings. The molecular weight excluding hydrogens is 338 g/mol. The lowest BCUT2D eigenvalue weighted by atomic mass is 9.84. The molecule has 5 nitrogen and oxygen atoms in total. The Morgan fingerprint density at radius 3 is 2.64 bits per heavy atom. The normalized spacial score (nSPS) is 15.8. The Labute approximate surface area is 156 Å². The van der Waals surface area contributed by atoms with E-state index < -0.39 is 0 Å². The van der Waals surface area contributed by atoms with Crippen LogP contribution in [-0.4, -0.2) is 31.4 Å². The molecule has 0 aromatic heterocycles. The summed E-state index contributed by atoms with van der Waals surface area (Å²) >= 11 is 0. The minimum Gasteiger partial charge on any atom is -0.352 e. The van der Waals surface area contributed by atoms with Gasteiger partial charge in [0.1, 0.15) is 0 Å². The Morgan fingerprint density at radius 1 is 1.24 bits per heavy atom. The molecule has 0 spiro atoms. The van der Waals surface area contributed by atoms with Crippen LogP contribution in [-0.2, 0) is 11.3 Å². The van der Waals surface area contributed by atoms with Gasteiger partial charge in [0.25, 0.3) is 5.91 Å². The second kappa shape index (κ2) is 11.1. The lowest BCUT2D eigenvalue weighted by Gasteiger charge is -2.27. The number of piperidine rings is 1. The Hall–Kier alpha value is -1.59. The van der Waals surface area contributed by atoms with Crippen molar-refractivity contribution in [1.82, 2.24) is 16.0 Å². The summed E-state index contributed by atoms with van der Waals surface area (Å²) in [4.78, 5) is 24.0. The Bertz CT molecular complexity index is 559. The molecule has 6 heteroatoms. The Balaban J connectivity index is 0.00000312. The van der Waals surface area contributed by atoms with Crippen molar-refractivity contribution in [2.24, 2.45) is 11.8 Å². The summed E-state index contributed by atoms with van der Waals surface area (Å²) in [7, 11) is 0. The summed E-state index contributed by atoms with van der Waals surface area (Å²) in [6.07, 6.45) is 2.88. The van der Waals surface area contributed by atoms with Crippen LogP contribution in [0.15, 0.2) is 24.3 Å². The van der Waals surface area contributed by atoms with E-state index in [0.717, 1.165) is 31.5 Å². The zero-order valence-electron chi connectivity index (χ0n) is 15.1. The van der Waals surface area contributed by atoms with Gasteiger partial charge in [-0.25, -0.2) is 0 Å². The molecule has 1 unspecified atom stereocenters. The first-order valence-corrected chi connectivity index (χ1v) is 8.94. The Morgan fingerprint density at radius 2 is 1.96 bits per heavy atom. The highest BCUT2D eigenvalue weighted by Crippen LogP contribution is 2.24. The number of hydrogen-bond acceptors (Lipinski definition) is 3. The maximum atomic E-state index is 12.2. The van der Waals surface area contributed by atoms with Gasteiger partial charge in [0, 0.05) is 25.1 Å². The van der Waals surface area contributed by atoms with Crippen molar-refractivity contribution >= 4 is 24.2 Å². The summed E-state index contributed by atoms with van der Waals surface area (Å²) < 4.78 is 0. The largest absolute Gasteiger partial charge is 0.352 e. The second-order valence-electron chi connectivity index (χ2n) is 6.61. The van der Waals surface area contributed by atoms with Gasteiger partial charge in [-0.05, 0) is 62.4 Å². The highest BCUT2D eigenvalue weighted by Gasteiger charge is 2.21. The fraction of sp³-hybridized carbons (Fsp3) is 0.579. The van der Waals surface area contributed by atoms with Crippen LogP contribution in [0.4, 0.5) is 0 Å². The lowest BCUT2D eigenvalue weighted by molar-refractivity contribution is -0.122. The minimum absolute atomic E-state index is 0. The van der Waals surface area contributed by atoms with Gasteiger partial charge in [0.05, 0.1) is 0 Å². The van der Waals surface area contributed by atoms with Crippen LogP contribution in [0.1, 0.15) is 49.0 Å². The molecule has 1 aromatic rings. The van der Waals surface area contributed by atoms with Gasteiger partial charge < -0.3 is 16.0 Å². The molecule has 1 aliphatic heterocycles. The van der Waals surface area contributed by atoms with E-state index in [4.69, 9.17) is 0 Å². The quantitative estimate of drug-likeness (QED) is 0.693. The average molecular weight is 368 g/mol. The van der Waals surface area contributed by atoms with Gasteiger partial charge in [0.15, 0.2) is 0 Å². The van der Waals surface area contributed by atoms with Crippen molar-refractivity contribution in [1.29, 1.82) is 0 Å². The molecule has 1 atom stereocenters. The molecule has 0 saturated carbocycles. The molecule has 1 saturated heterocycles. The predicted molar refractivity (Wildman–Crippen MR) is 103 cm³/mol. The monoisotopic (exact) mass is 367 g/mol. The standard InChI is InChI=1S/C19H29N3O2.ClH/c1-3-21-19(24)17-6-4-5-15(12-17)13-22-18(23)11-14(2)16-7-9-20-10-8-16;/h4-6,12,14,16,20H,3,7-11,13H2,1-2H3,(H,21,24)(H,22,23);1H. The van der Waals surface area contributed by atoms with Gasteiger partial charge in [-0.2, -0.15) is 0 Å². The molecule has 0 aliphatic carbocycles. The van der Waals surface area contributed by atoms with Crippen molar-refractivity contribution in [3.05, 3.63) is 35.4 Å². The third-order valence-electron chi connectivity index (χ3n) is 4.71. The number of hydrogen-bond donors (Lipinski definition) is 3. The number of amides is 2. The maximum absolute atomic E-state index is 12.2. The van der Waals surface area contributed by atoms with Crippen molar-refractivity contribution < 1.29 is 9.59 Å². The first-order chi connectivity index (χ1) is 11.6. The molecular formula is C19H30ClN3O2. The zero-order valence-corrected chi connectivity index (χ0v) is 16.0. The van der Waals surface area contributed by atoms with Crippen LogP contribution in [0, 0.1) is 11.8 Å². The van der Waals surface area contributed by atoms with Crippen LogP contribution >= 0.6 is 12.4 Å². The van der Waals surface area contributed by atoms with E-state index in [-0.39, 0.29) is 24.2 Å². The SMILES string of the molecule is CCNC(=O)c1cccc(CNC(=O)CC(C)C2CCNCC2)c1.Cl.